The van der Waals surface area contributed by atoms with E-state index in [-0.39, 0.29) is 12.1 Å². The zero-order valence-electron chi connectivity index (χ0n) is 15.0. The van der Waals surface area contributed by atoms with Gasteiger partial charge in [0.25, 0.3) is 5.91 Å². The van der Waals surface area contributed by atoms with Crippen molar-refractivity contribution >= 4 is 39.2 Å². The molecule has 9 heteroatoms. The summed E-state index contributed by atoms with van der Waals surface area (Å²) >= 11 is 1.26. The van der Waals surface area contributed by atoms with Crippen LogP contribution in [0.3, 0.4) is 0 Å². The Morgan fingerprint density at radius 3 is 2.72 bits per heavy atom. The van der Waals surface area contributed by atoms with E-state index in [2.05, 4.69) is 25.6 Å². The minimum atomic E-state index is -0.625. The second kappa shape index (κ2) is 8.03. The summed E-state index contributed by atoms with van der Waals surface area (Å²) in [5.74, 6) is -1.07. The smallest absolute Gasteiger partial charge is 0.257 e. The molecule has 0 radical (unpaired) electrons. The molecule has 0 fully saturated rings. The second-order valence-electron chi connectivity index (χ2n) is 6.06. The quantitative estimate of drug-likeness (QED) is 0.471. The Hall–Kier alpha value is -3.85. The molecular formula is C20H15N5O3S. The van der Waals surface area contributed by atoms with E-state index in [0.29, 0.717) is 27.4 Å². The average molecular weight is 405 g/mol. The van der Waals surface area contributed by atoms with E-state index in [4.69, 9.17) is 0 Å². The highest BCUT2D eigenvalue weighted by Crippen LogP contribution is 2.22. The molecule has 1 aromatic carbocycles. The van der Waals surface area contributed by atoms with Crippen LogP contribution in [0.25, 0.3) is 22.3 Å². The van der Waals surface area contributed by atoms with Crippen LogP contribution in [-0.4, -0.2) is 33.3 Å². The summed E-state index contributed by atoms with van der Waals surface area (Å²) in [5, 5.41) is 7.67. The maximum atomic E-state index is 12.4. The van der Waals surface area contributed by atoms with Crippen molar-refractivity contribution in [2.75, 3.05) is 11.9 Å². The van der Waals surface area contributed by atoms with Gasteiger partial charge in [-0.15, -0.1) is 11.3 Å². The number of amides is 2. The van der Waals surface area contributed by atoms with Gasteiger partial charge in [0.2, 0.25) is 11.3 Å². The summed E-state index contributed by atoms with van der Waals surface area (Å²) in [5.41, 5.74) is 1.55. The molecule has 3 aromatic heterocycles. The summed E-state index contributed by atoms with van der Waals surface area (Å²) in [6.07, 6.45) is 3.01. The molecule has 0 atom stereocenters. The number of carbonyl (C=O) groups is 2. The summed E-state index contributed by atoms with van der Waals surface area (Å²) < 4.78 is 0. The first kappa shape index (κ1) is 18.5. The fraction of sp³-hybridized carbons (Fsp3) is 0.0500. The van der Waals surface area contributed by atoms with Gasteiger partial charge in [0.05, 0.1) is 12.2 Å². The lowest BCUT2D eigenvalue weighted by Gasteiger charge is -2.06. The van der Waals surface area contributed by atoms with Crippen LogP contribution in [0.2, 0.25) is 0 Å². The number of hydrogen-bond donors (Lipinski definition) is 3. The van der Waals surface area contributed by atoms with Gasteiger partial charge in [-0.05, 0) is 24.3 Å². The van der Waals surface area contributed by atoms with Crippen molar-refractivity contribution in [2.24, 2.45) is 0 Å². The Bertz CT molecular complexity index is 1250. The van der Waals surface area contributed by atoms with Gasteiger partial charge in [-0.3, -0.25) is 19.4 Å². The molecule has 0 spiro atoms. The summed E-state index contributed by atoms with van der Waals surface area (Å²) in [4.78, 5) is 48.3. The van der Waals surface area contributed by atoms with E-state index >= 15 is 0 Å². The molecule has 0 unspecified atom stereocenters. The molecule has 144 valence electrons. The van der Waals surface area contributed by atoms with E-state index in [1.54, 1.807) is 35.8 Å². The van der Waals surface area contributed by atoms with Gasteiger partial charge >= 0.3 is 0 Å². The summed E-state index contributed by atoms with van der Waals surface area (Å²) in [6, 6.07) is 12.4. The second-order valence-corrected chi connectivity index (χ2v) is 6.92. The molecule has 3 heterocycles. The van der Waals surface area contributed by atoms with Crippen LogP contribution < -0.4 is 16.1 Å². The zero-order chi connectivity index (χ0) is 20.2. The highest BCUT2D eigenvalue weighted by atomic mass is 32.1. The lowest BCUT2D eigenvalue weighted by molar-refractivity contribution is -0.115. The number of thiazole rings is 1. The van der Waals surface area contributed by atoms with Gasteiger partial charge in [0.15, 0.2) is 5.13 Å². The van der Waals surface area contributed by atoms with Crippen LogP contribution >= 0.6 is 11.3 Å². The molecule has 0 saturated heterocycles. The number of para-hydroxylation sites is 1. The molecule has 8 nitrogen and oxygen atoms in total. The number of fused-ring (bicyclic) bond motifs is 1. The first-order valence-corrected chi connectivity index (χ1v) is 9.55. The van der Waals surface area contributed by atoms with Crippen molar-refractivity contribution in [2.45, 2.75) is 0 Å². The predicted octanol–water partition coefficient (Wildman–Crippen LogP) is 2.42. The third-order valence-corrected chi connectivity index (χ3v) is 4.88. The van der Waals surface area contributed by atoms with E-state index in [0.717, 1.165) is 0 Å². The largest absolute Gasteiger partial charge is 0.360 e. The Morgan fingerprint density at radius 1 is 1.07 bits per heavy atom. The van der Waals surface area contributed by atoms with Crippen LogP contribution in [0.1, 0.15) is 10.4 Å². The van der Waals surface area contributed by atoms with Gasteiger partial charge < -0.3 is 15.6 Å². The van der Waals surface area contributed by atoms with Gasteiger partial charge in [0, 0.05) is 28.7 Å². The van der Waals surface area contributed by atoms with Crippen LogP contribution in [0.15, 0.2) is 65.0 Å². The lowest BCUT2D eigenvalue weighted by Crippen LogP contribution is -2.35. The molecule has 4 rings (SSSR count). The normalized spacial score (nSPS) is 10.6. The standard InChI is InChI=1S/C20H15N5O3S/c26-17(25-20-24-16(11-29-20)15-7-3-4-8-21-15)10-23-19(28)13-9-22-14-6-2-1-5-12(14)18(13)27/h1-9,11H,10H2,(H,22,27)(H,23,28)(H,24,25,26). The third kappa shape index (κ3) is 4.04. The average Bonchev–Trinajstić information content (AvgIpc) is 3.21. The Morgan fingerprint density at radius 2 is 1.90 bits per heavy atom. The van der Waals surface area contributed by atoms with Crippen molar-refractivity contribution in [1.82, 2.24) is 20.3 Å². The Labute approximate surface area is 168 Å². The van der Waals surface area contributed by atoms with Gasteiger partial charge in [0.1, 0.15) is 11.3 Å². The maximum absolute atomic E-state index is 12.4. The molecular weight excluding hydrogens is 390 g/mol. The molecule has 3 N–H and O–H groups in total. The number of nitrogens with zero attached hydrogens (tertiary/aromatic N) is 2. The molecule has 0 saturated carbocycles. The summed E-state index contributed by atoms with van der Waals surface area (Å²) in [7, 11) is 0. The monoisotopic (exact) mass is 405 g/mol. The van der Waals surface area contributed by atoms with E-state index < -0.39 is 17.2 Å². The molecule has 2 amide bonds. The molecule has 0 aliphatic carbocycles. The number of H-pyrrole nitrogens is 1. The lowest BCUT2D eigenvalue weighted by atomic mass is 10.1. The van der Waals surface area contributed by atoms with Gasteiger partial charge in [-0.25, -0.2) is 4.98 Å². The first-order valence-electron chi connectivity index (χ1n) is 8.67. The fourth-order valence-electron chi connectivity index (χ4n) is 2.72. The minimum absolute atomic E-state index is 0.0526. The number of pyridine rings is 2. The topological polar surface area (TPSA) is 117 Å². The van der Waals surface area contributed by atoms with E-state index in [1.807, 2.05) is 18.2 Å². The molecule has 0 bridgehead atoms. The van der Waals surface area contributed by atoms with Crippen LogP contribution in [-0.2, 0) is 4.79 Å². The Balaban J connectivity index is 1.39. The van der Waals surface area contributed by atoms with Crippen LogP contribution in [0.4, 0.5) is 5.13 Å². The van der Waals surface area contributed by atoms with E-state index in [1.165, 1.54) is 17.5 Å². The number of carbonyl (C=O) groups excluding carboxylic acids is 2. The molecule has 0 aliphatic heterocycles. The van der Waals surface area contributed by atoms with Crippen LogP contribution in [0, 0.1) is 0 Å². The van der Waals surface area contributed by atoms with Crippen molar-refractivity contribution in [1.29, 1.82) is 0 Å². The zero-order valence-corrected chi connectivity index (χ0v) is 15.8. The van der Waals surface area contributed by atoms with Crippen molar-refractivity contribution < 1.29 is 9.59 Å². The SMILES string of the molecule is O=C(CNC(=O)c1c[nH]c2ccccc2c1=O)Nc1nc(-c2ccccn2)cs1. The number of nitrogens with one attached hydrogen (secondary N) is 3. The van der Waals surface area contributed by atoms with Gasteiger partial charge in [-0.2, -0.15) is 0 Å². The summed E-state index contributed by atoms with van der Waals surface area (Å²) in [6.45, 7) is -0.288. The molecule has 0 aliphatic rings. The van der Waals surface area contributed by atoms with Gasteiger partial charge in [-0.1, -0.05) is 18.2 Å². The van der Waals surface area contributed by atoms with Crippen molar-refractivity contribution in [3.63, 3.8) is 0 Å². The maximum Gasteiger partial charge on any atom is 0.257 e. The molecule has 29 heavy (non-hydrogen) atoms. The first-order chi connectivity index (χ1) is 14.1. The predicted molar refractivity (Wildman–Crippen MR) is 111 cm³/mol. The fourth-order valence-corrected chi connectivity index (χ4v) is 3.44. The minimum Gasteiger partial charge on any atom is -0.360 e. The third-order valence-electron chi connectivity index (χ3n) is 4.12. The van der Waals surface area contributed by atoms with Crippen molar-refractivity contribution in [3.8, 4) is 11.4 Å². The van der Waals surface area contributed by atoms with Crippen molar-refractivity contribution in [3.05, 3.63) is 76.0 Å². The van der Waals surface area contributed by atoms with Crippen LogP contribution in [0.5, 0.6) is 0 Å². The number of hydrogen-bond acceptors (Lipinski definition) is 6. The number of aromatic amines is 1. The van der Waals surface area contributed by atoms with E-state index in [9.17, 15) is 14.4 Å². The number of aromatic nitrogens is 3. The number of rotatable bonds is 5. The highest BCUT2D eigenvalue weighted by molar-refractivity contribution is 7.14. The number of anilines is 1. The number of benzene rings is 1. The Kier molecular flexibility index (Phi) is 5.12. The highest BCUT2D eigenvalue weighted by Gasteiger charge is 2.15. The molecule has 4 aromatic rings.